The number of hydrogen-bond acceptors (Lipinski definition) is 7. The summed E-state index contributed by atoms with van der Waals surface area (Å²) in [7, 11) is 1.55. The van der Waals surface area contributed by atoms with Gasteiger partial charge in [0.1, 0.15) is 5.75 Å². The standard InChI is InChI=1S/C31H34ClN3O5/c1-17(2)39-30(36)26-19(5)33-20(6)27(31(37)40-18(3)4)28(26)23-16-35(22-11-9-8-10-12-22)34-29(23)21-13-14-25(38-7)24(32)15-21/h8-18,28,33H,1-7H3. The van der Waals surface area contributed by atoms with Gasteiger partial charge in [0.15, 0.2) is 0 Å². The highest BCUT2D eigenvalue weighted by Crippen LogP contribution is 2.44. The van der Waals surface area contributed by atoms with Crippen LogP contribution in [0.2, 0.25) is 5.02 Å². The van der Waals surface area contributed by atoms with E-state index in [2.05, 4.69) is 5.32 Å². The van der Waals surface area contributed by atoms with Gasteiger partial charge in [-0.15, -0.1) is 0 Å². The van der Waals surface area contributed by atoms with Gasteiger partial charge in [-0.05, 0) is 71.9 Å². The van der Waals surface area contributed by atoms with Crippen LogP contribution < -0.4 is 10.1 Å². The number of halogens is 1. The van der Waals surface area contributed by atoms with E-state index in [0.717, 1.165) is 5.69 Å². The van der Waals surface area contributed by atoms with Crippen molar-refractivity contribution in [1.82, 2.24) is 15.1 Å². The predicted octanol–water partition coefficient (Wildman–Crippen LogP) is 6.34. The number of carbonyl (C=O) groups is 2. The second-order valence-corrected chi connectivity index (χ2v) is 10.5. The minimum atomic E-state index is -0.827. The quantitative estimate of drug-likeness (QED) is 0.320. The number of dihydropyridines is 1. The van der Waals surface area contributed by atoms with Crippen LogP contribution in [0.15, 0.2) is 77.3 Å². The van der Waals surface area contributed by atoms with Gasteiger partial charge in [0.05, 0.1) is 52.8 Å². The van der Waals surface area contributed by atoms with Crippen molar-refractivity contribution in [2.45, 2.75) is 59.7 Å². The number of carbonyl (C=O) groups excluding carboxylic acids is 2. The third-order valence-corrected chi connectivity index (χ3v) is 6.68. The topological polar surface area (TPSA) is 91.7 Å². The summed E-state index contributed by atoms with van der Waals surface area (Å²) in [5, 5.41) is 8.54. The number of esters is 2. The van der Waals surface area contributed by atoms with E-state index in [1.165, 1.54) is 0 Å². The van der Waals surface area contributed by atoms with E-state index in [1.807, 2.05) is 42.6 Å². The predicted molar refractivity (Wildman–Crippen MR) is 154 cm³/mol. The Morgan fingerprint density at radius 3 is 2.00 bits per heavy atom. The normalized spacial score (nSPS) is 14.1. The molecule has 0 saturated carbocycles. The van der Waals surface area contributed by atoms with Gasteiger partial charge in [-0.1, -0.05) is 29.8 Å². The molecule has 1 aromatic heterocycles. The molecule has 0 radical (unpaired) electrons. The highest BCUT2D eigenvalue weighted by molar-refractivity contribution is 6.32. The second kappa shape index (κ2) is 12.0. The summed E-state index contributed by atoms with van der Waals surface area (Å²) in [4.78, 5) is 27.2. The molecule has 1 aliphatic heterocycles. The lowest BCUT2D eigenvalue weighted by Crippen LogP contribution is -2.33. The molecule has 1 N–H and O–H groups in total. The molecule has 4 rings (SSSR count). The van der Waals surface area contributed by atoms with E-state index in [9.17, 15) is 9.59 Å². The average molecular weight is 564 g/mol. The number of benzene rings is 2. The first-order valence-corrected chi connectivity index (χ1v) is 13.5. The molecule has 0 saturated heterocycles. The van der Waals surface area contributed by atoms with E-state index in [4.69, 9.17) is 30.9 Å². The summed E-state index contributed by atoms with van der Waals surface area (Å²) < 4.78 is 18.4. The summed E-state index contributed by atoms with van der Waals surface area (Å²) >= 11 is 6.52. The van der Waals surface area contributed by atoms with E-state index in [-0.39, 0.29) is 12.2 Å². The number of nitrogens with zero attached hydrogens (tertiary/aromatic N) is 2. The minimum absolute atomic E-state index is 0.309. The number of para-hydroxylation sites is 1. The van der Waals surface area contributed by atoms with Crippen molar-refractivity contribution < 1.29 is 23.8 Å². The number of rotatable bonds is 8. The maximum absolute atomic E-state index is 13.6. The van der Waals surface area contributed by atoms with Crippen molar-refractivity contribution in [2.75, 3.05) is 7.11 Å². The highest BCUT2D eigenvalue weighted by atomic mass is 35.5. The zero-order valence-corrected chi connectivity index (χ0v) is 24.5. The summed E-state index contributed by atoms with van der Waals surface area (Å²) in [5.41, 5.74) is 4.45. The van der Waals surface area contributed by atoms with Gasteiger partial charge >= 0.3 is 11.9 Å². The second-order valence-electron chi connectivity index (χ2n) is 10.1. The van der Waals surface area contributed by atoms with Gasteiger partial charge in [-0.25, -0.2) is 14.3 Å². The Morgan fingerprint density at radius 2 is 1.50 bits per heavy atom. The Bertz CT molecular complexity index is 1440. The lowest BCUT2D eigenvalue weighted by molar-refractivity contribution is -0.143. The van der Waals surface area contributed by atoms with Crippen LogP contribution in [0.3, 0.4) is 0 Å². The Morgan fingerprint density at radius 1 is 0.925 bits per heavy atom. The maximum atomic E-state index is 13.6. The molecular weight excluding hydrogens is 530 g/mol. The molecule has 2 aromatic carbocycles. The van der Waals surface area contributed by atoms with Gasteiger partial charge < -0.3 is 19.5 Å². The molecule has 3 aromatic rings. The van der Waals surface area contributed by atoms with Gasteiger partial charge in [0, 0.05) is 28.7 Å². The van der Waals surface area contributed by atoms with Crippen LogP contribution in [0.4, 0.5) is 0 Å². The SMILES string of the molecule is COc1ccc(-c2nn(-c3ccccc3)cc2C2C(C(=O)OC(C)C)=C(C)NC(C)=C2C(=O)OC(C)C)cc1Cl. The van der Waals surface area contributed by atoms with Gasteiger partial charge in [-0.2, -0.15) is 5.10 Å². The third-order valence-electron chi connectivity index (χ3n) is 6.39. The maximum Gasteiger partial charge on any atom is 0.337 e. The summed E-state index contributed by atoms with van der Waals surface area (Å²) in [6.07, 6.45) is 1.11. The van der Waals surface area contributed by atoms with E-state index >= 15 is 0 Å². The van der Waals surface area contributed by atoms with Crippen LogP contribution in [-0.4, -0.2) is 41.0 Å². The number of hydrogen-bond donors (Lipinski definition) is 1. The fourth-order valence-electron chi connectivity index (χ4n) is 4.75. The van der Waals surface area contributed by atoms with Crippen molar-refractivity contribution in [2.24, 2.45) is 0 Å². The molecular formula is C31H34ClN3O5. The Kier molecular flexibility index (Phi) is 8.69. The fourth-order valence-corrected chi connectivity index (χ4v) is 5.01. The first-order valence-electron chi connectivity index (χ1n) is 13.1. The van der Waals surface area contributed by atoms with Crippen LogP contribution in [-0.2, 0) is 19.1 Å². The summed E-state index contributed by atoms with van der Waals surface area (Å²) in [6.45, 7) is 10.7. The van der Waals surface area contributed by atoms with Crippen LogP contribution in [0.5, 0.6) is 5.75 Å². The molecule has 0 fully saturated rings. The van der Waals surface area contributed by atoms with Crippen LogP contribution in [0, 0.1) is 0 Å². The van der Waals surface area contributed by atoms with E-state index < -0.39 is 17.9 Å². The van der Waals surface area contributed by atoms with Crippen molar-refractivity contribution in [3.63, 3.8) is 0 Å². The molecule has 2 heterocycles. The molecule has 0 amide bonds. The molecule has 40 heavy (non-hydrogen) atoms. The first kappa shape index (κ1) is 29.0. The molecule has 0 unspecified atom stereocenters. The van der Waals surface area contributed by atoms with E-state index in [1.54, 1.807) is 65.5 Å². The summed E-state index contributed by atoms with van der Waals surface area (Å²) in [5.74, 6) is -1.37. The molecule has 0 aliphatic carbocycles. The van der Waals surface area contributed by atoms with Crippen LogP contribution in [0.1, 0.15) is 53.0 Å². The van der Waals surface area contributed by atoms with E-state index in [0.29, 0.717) is 50.1 Å². The number of methoxy groups -OCH3 is 1. The van der Waals surface area contributed by atoms with Crippen LogP contribution in [0.25, 0.3) is 16.9 Å². The highest BCUT2D eigenvalue weighted by Gasteiger charge is 2.41. The Labute approximate surface area is 239 Å². The minimum Gasteiger partial charge on any atom is -0.495 e. The van der Waals surface area contributed by atoms with Crippen molar-refractivity contribution in [1.29, 1.82) is 0 Å². The number of allylic oxidation sites excluding steroid dienone is 2. The van der Waals surface area contributed by atoms with Crippen LogP contribution >= 0.6 is 11.6 Å². The van der Waals surface area contributed by atoms with Gasteiger partial charge in [0.25, 0.3) is 0 Å². The molecule has 9 heteroatoms. The fraction of sp³-hybridized carbons (Fsp3) is 0.323. The summed E-state index contributed by atoms with van der Waals surface area (Å²) in [6, 6.07) is 15.0. The third kappa shape index (κ3) is 5.92. The monoisotopic (exact) mass is 563 g/mol. The number of nitrogens with one attached hydrogen (secondary N) is 1. The Hall–Kier alpha value is -4.04. The lowest BCUT2D eigenvalue weighted by Gasteiger charge is -2.31. The van der Waals surface area contributed by atoms with Crippen molar-refractivity contribution >= 4 is 23.5 Å². The molecule has 210 valence electrons. The van der Waals surface area contributed by atoms with Crippen molar-refractivity contribution in [3.05, 3.63) is 87.9 Å². The molecule has 8 nitrogen and oxygen atoms in total. The van der Waals surface area contributed by atoms with Gasteiger partial charge in [-0.3, -0.25) is 0 Å². The number of aromatic nitrogens is 2. The molecule has 0 spiro atoms. The smallest absolute Gasteiger partial charge is 0.337 e. The Balaban J connectivity index is 2.02. The zero-order chi connectivity index (χ0) is 29.1. The number of ether oxygens (including phenoxy) is 3. The zero-order valence-electron chi connectivity index (χ0n) is 23.7. The van der Waals surface area contributed by atoms with Crippen molar-refractivity contribution in [3.8, 4) is 22.7 Å². The lowest BCUT2D eigenvalue weighted by atomic mass is 9.79. The molecule has 0 atom stereocenters. The van der Waals surface area contributed by atoms with Gasteiger partial charge in [0.2, 0.25) is 0 Å². The molecule has 0 bridgehead atoms. The average Bonchev–Trinajstić information content (AvgIpc) is 3.33. The first-order chi connectivity index (χ1) is 19.0. The molecule has 1 aliphatic rings. The largest absolute Gasteiger partial charge is 0.495 e.